The third kappa shape index (κ3) is 3.09. The average molecular weight is 317 g/mol. The summed E-state index contributed by atoms with van der Waals surface area (Å²) < 4.78 is 5.48. The summed E-state index contributed by atoms with van der Waals surface area (Å²) in [7, 11) is 0. The molecule has 2 aliphatic rings. The lowest BCUT2D eigenvalue weighted by molar-refractivity contribution is 0.0364. The number of thiocarbonyl (C=S) groups is 1. The number of rotatable bonds is 2. The maximum Gasteiger partial charge on any atom is 0.123 e. The zero-order valence-electron chi connectivity index (χ0n) is 13.2. The van der Waals surface area contributed by atoms with E-state index in [4.69, 9.17) is 17.0 Å². The van der Waals surface area contributed by atoms with Crippen LogP contribution in [-0.2, 0) is 4.74 Å². The van der Waals surface area contributed by atoms with Crippen LogP contribution in [0.15, 0.2) is 30.3 Å². The lowest BCUT2D eigenvalue weighted by atomic mass is 9.74. The van der Waals surface area contributed by atoms with Gasteiger partial charge in [-0.05, 0) is 23.5 Å². The first kappa shape index (κ1) is 15.7. The van der Waals surface area contributed by atoms with Gasteiger partial charge in [-0.3, -0.25) is 4.90 Å². The van der Waals surface area contributed by atoms with E-state index in [2.05, 4.69) is 24.8 Å². The van der Waals surface area contributed by atoms with Crippen LogP contribution in [0.3, 0.4) is 0 Å². The standard InChI is InChI=1S/C18H23NO2S/c1-18(2)11-14(13-5-3-4-6-15(13)20)17(16(22)12-18)19-7-9-21-10-8-19/h3-6,11,17,20H,7-10,12H2,1-2H3. The van der Waals surface area contributed by atoms with Crippen LogP contribution in [0.25, 0.3) is 5.57 Å². The minimum Gasteiger partial charge on any atom is -0.507 e. The van der Waals surface area contributed by atoms with Crippen molar-refractivity contribution in [3.8, 4) is 5.75 Å². The van der Waals surface area contributed by atoms with Gasteiger partial charge in [0, 0.05) is 23.5 Å². The van der Waals surface area contributed by atoms with Crippen molar-refractivity contribution in [2.45, 2.75) is 26.3 Å². The summed E-state index contributed by atoms with van der Waals surface area (Å²) in [4.78, 5) is 3.45. The molecule has 3 nitrogen and oxygen atoms in total. The first-order valence-corrected chi connectivity index (χ1v) is 8.24. The van der Waals surface area contributed by atoms with Gasteiger partial charge in [-0.15, -0.1) is 0 Å². The highest BCUT2D eigenvalue weighted by atomic mass is 32.1. The Morgan fingerprint density at radius 1 is 1.23 bits per heavy atom. The second-order valence-corrected chi connectivity index (χ2v) is 7.32. The minimum atomic E-state index is 0.0253. The monoisotopic (exact) mass is 317 g/mol. The Labute approximate surface area is 137 Å². The zero-order valence-corrected chi connectivity index (χ0v) is 14.0. The number of para-hydroxylation sites is 1. The molecule has 0 spiro atoms. The maximum absolute atomic E-state index is 10.3. The van der Waals surface area contributed by atoms with E-state index in [1.165, 1.54) is 0 Å². The van der Waals surface area contributed by atoms with Crippen molar-refractivity contribution in [2.75, 3.05) is 26.3 Å². The van der Waals surface area contributed by atoms with Gasteiger partial charge >= 0.3 is 0 Å². The van der Waals surface area contributed by atoms with Crippen LogP contribution >= 0.6 is 12.2 Å². The van der Waals surface area contributed by atoms with Crippen LogP contribution < -0.4 is 0 Å². The number of benzene rings is 1. The molecule has 0 saturated carbocycles. The predicted molar refractivity (Wildman–Crippen MR) is 93.3 cm³/mol. The Bertz CT molecular complexity index is 603. The van der Waals surface area contributed by atoms with Crippen LogP contribution in [-0.4, -0.2) is 47.2 Å². The van der Waals surface area contributed by atoms with Crippen LogP contribution in [0, 0.1) is 5.41 Å². The molecule has 1 atom stereocenters. The summed E-state index contributed by atoms with van der Waals surface area (Å²) in [5.41, 5.74) is 2.06. The molecule has 1 aliphatic heterocycles. The third-order valence-electron chi connectivity index (χ3n) is 4.40. The van der Waals surface area contributed by atoms with Gasteiger partial charge in [-0.25, -0.2) is 0 Å². The number of aromatic hydroxyl groups is 1. The Morgan fingerprint density at radius 2 is 1.91 bits per heavy atom. The van der Waals surface area contributed by atoms with Crippen molar-refractivity contribution in [3.05, 3.63) is 35.9 Å². The summed E-state index contributed by atoms with van der Waals surface area (Å²) in [5.74, 6) is 0.326. The molecule has 1 heterocycles. The van der Waals surface area contributed by atoms with Crippen LogP contribution in [0.4, 0.5) is 0 Å². The highest BCUT2D eigenvalue weighted by molar-refractivity contribution is 7.80. The Morgan fingerprint density at radius 3 is 2.59 bits per heavy atom. The topological polar surface area (TPSA) is 32.7 Å². The largest absolute Gasteiger partial charge is 0.507 e. The van der Waals surface area contributed by atoms with Crippen molar-refractivity contribution in [1.29, 1.82) is 0 Å². The van der Waals surface area contributed by atoms with E-state index < -0.39 is 0 Å². The van der Waals surface area contributed by atoms with E-state index in [0.717, 1.165) is 48.7 Å². The van der Waals surface area contributed by atoms with E-state index >= 15 is 0 Å². The molecule has 1 aliphatic carbocycles. The number of ether oxygens (including phenoxy) is 1. The lowest BCUT2D eigenvalue weighted by Gasteiger charge is -2.42. The number of hydrogen-bond donors (Lipinski definition) is 1. The molecule has 118 valence electrons. The Hall–Kier alpha value is -1.23. The third-order valence-corrected chi connectivity index (χ3v) is 4.77. The van der Waals surface area contributed by atoms with Gasteiger partial charge in [0.05, 0.1) is 19.3 Å². The fourth-order valence-corrected chi connectivity index (χ4v) is 4.10. The number of phenolic OH excluding ortho intramolecular Hbond substituents is 1. The van der Waals surface area contributed by atoms with Crippen LogP contribution in [0.2, 0.25) is 0 Å². The molecule has 3 rings (SSSR count). The zero-order chi connectivity index (χ0) is 15.7. The number of morpholine rings is 1. The van der Waals surface area contributed by atoms with E-state index in [0.29, 0.717) is 5.75 Å². The molecular weight excluding hydrogens is 294 g/mol. The fourth-order valence-electron chi connectivity index (χ4n) is 3.45. The summed E-state index contributed by atoms with van der Waals surface area (Å²) in [5, 5.41) is 10.3. The Balaban J connectivity index is 2.05. The number of hydrogen-bond acceptors (Lipinski definition) is 4. The number of nitrogens with zero attached hydrogens (tertiary/aromatic N) is 1. The molecule has 0 aromatic heterocycles. The minimum absolute atomic E-state index is 0.0253. The first-order chi connectivity index (χ1) is 10.5. The van der Waals surface area contributed by atoms with Gasteiger partial charge < -0.3 is 9.84 Å². The van der Waals surface area contributed by atoms with Gasteiger partial charge in [0.15, 0.2) is 0 Å². The van der Waals surface area contributed by atoms with Gasteiger partial charge in [-0.1, -0.05) is 50.3 Å². The average Bonchev–Trinajstić information content (AvgIpc) is 2.47. The van der Waals surface area contributed by atoms with Crippen LogP contribution in [0.5, 0.6) is 5.75 Å². The summed E-state index contributed by atoms with van der Waals surface area (Å²) in [6.45, 7) is 7.67. The van der Waals surface area contributed by atoms with Crippen LogP contribution in [0.1, 0.15) is 25.8 Å². The molecular formula is C18H23NO2S. The quantitative estimate of drug-likeness (QED) is 0.849. The highest BCUT2D eigenvalue weighted by Crippen LogP contribution is 2.41. The smallest absolute Gasteiger partial charge is 0.123 e. The molecule has 0 bridgehead atoms. The SMILES string of the molecule is CC1(C)C=C(c2ccccc2O)C(N2CCOCC2)C(=S)C1. The number of phenols is 1. The molecule has 1 aromatic rings. The molecule has 1 saturated heterocycles. The van der Waals surface area contributed by atoms with Gasteiger partial charge in [0.2, 0.25) is 0 Å². The molecule has 0 amide bonds. The predicted octanol–water partition coefficient (Wildman–Crippen LogP) is 3.28. The van der Waals surface area contributed by atoms with Crippen molar-refractivity contribution in [2.24, 2.45) is 5.41 Å². The van der Waals surface area contributed by atoms with Crippen molar-refractivity contribution in [3.63, 3.8) is 0 Å². The van der Waals surface area contributed by atoms with Gasteiger partial charge in [0.25, 0.3) is 0 Å². The second-order valence-electron chi connectivity index (χ2n) is 6.80. The molecule has 1 N–H and O–H groups in total. The Kier molecular flexibility index (Phi) is 4.35. The highest BCUT2D eigenvalue weighted by Gasteiger charge is 2.36. The summed E-state index contributed by atoms with van der Waals surface area (Å²) in [6, 6.07) is 7.66. The van der Waals surface area contributed by atoms with E-state index in [1.54, 1.807) is 6.07 Å². The van der Waals surface area contributed by atoms with Crippen molar-refractivity contribution >= 4 is 22.7 Å². The first-order valence-electron chi connectivity index (χ1n) is 7.83. The molecule has 22 heavy (non-hydrogen) atoms. The van der Waals surface area contributed by atoms with Gasteiger partial charge in [0.1, 0.15) is 5.75 Å². The van der Waals surface area contributed by atoms with E-state index in [-0.39, 0.29) is 11.5 Å². The number of allylic oxidation sites excluding steroid dienone is 1. The van der Waals surface area contributed by atoms with Crippen molar-refractivity contribution < 1.29 is 9.84 Å². The van der Waals surface area contributed by atoms with E-state index in [9.17, 15) is 5.11 Å². The van der Waals surface area contributed by atoms with E-state index in [1.807, 2.05) is 18.2 Å². The fraction of sp³-hybridized carbons (Fsp3) is 0.500. The second kappa shape index (κ2) is 6.11. The summed E-state index contributed by atoms with van der Waals surface area (Å²) >= 11 is 5.77. The summed E-state index contributed by atoms with van der Waals surface area (Å²) in [6.07, 6.45) is 3.19. The molecule has 4 heteroatoms. The molecule has 0 radical (unpaired) electrons. The van der Waals surface area contributed by atoms with Crippen molar-refractivity contribution in [1.82, 2.24) is 4.90 Å². The van der Waals surface area contributed by atoms with Gasteiger partial charge in [-0.2, -0.15) is 0 Å². The maximum atomic E-state index is 10.3. The molecule has 1 fully saturated rings. The molecule has 1 aromatic carbocycles. The lowest BCUT2D eigenvalue weighted by Crippen LogP contribution is -2.49. The normalized spacial score (nSPS) is 25.8. The molecule has 1 unspecified atom stereocenters.